The van der Waals surface area contributed by atoms with Gasteiger partial charge in [0.05, 0.1) is 0 Å². The summed E-state index contributed by atoms with van der Waals surface area (Å²) >= 11 is 0. The maximum absolute atomic E-state index is 13.1. The maximum Gasteiger partial charge on any atom is 0.243 e. The third-order valence-electron chi connectivity index (χ3n) is 3.53. The quantitative estimate of drug-likeness (QED) is 0.800. The van der Waals surface area contributed by atoms with E-state index in [1.54, 1.807) is 6.07 Å². The lowest BCUT2D eigenvalue weighted by molar-refractivity contribution is 0.625. The smallest absolute Gasteiger partial charge is 0.243 e. The van der Waals surface area contributed by atoms with Crippen molar-refractivity contribution in [1.29, 1.82) is 0 Å². The highest BCUT2D eigenvalue weighted by molar-refractivity contribution is 5.44. The molecule has 3 rings (SSSR count). The van der Waals surface area contributed by atoms with E-state index in [9.17, 15) is 4.39 Å². The fourth-order valence-corrected chi connectivity index (χ4v) is 2.36. The van der Waals surface area contributed by atoms with Gasteiger partial charge >= 0.3 is 0 Å². The fourth-order valence-electron chi connectivity index (χ4n) is 2.36. The van der Waals surface area contributed by atoms with Crippen LogP contribution in [0.5, 0.6) is 0 Å². The van der Waals surface area contributed by atoms with Crippen LogP contribution in [0.15, 0.2) is 36.4 Å². The van der Waals surface area contributed by atoms with Crippen LogP contribution in [0.1, 0.15) is 16.8 Å². The van der Waals surface area contributed by atoms with Crippen molar-refractivity contribution in [3.05, 3.63) is 59.0 Å². The Labute approximate surface area is 122 Å². The zero-order chi connectivity index (χ0) is 14.8. The number of aromatic nitrogens is 3. The van der Waals surface area contributed by atoms with Crippen molar-refractivity contribution in [3.63, 3.8) is 0 Å². The highest BCUT2D eigenvalue weighted by Gasteiger charge is 2.05. The van der Waals surface area contributed by atoms with Crippen molar-refractivity contribution in [2.45, 2.75) is 20.3 Å². The Hall–Kier alpha value is -2.43. The first-order valence-electron chi connectivity index (χ1n) is 6.95. The lowest BCUT2D eigenvalue weighted by Gasteiger charge is -2.06. The minimum Gasteiger partial charge on any atom is -0.353 e. The van der Waals surface area contributed by atoms with Crippen molar-refractivity contribution in [2.75, 3.05) is 11.9 Å². The van der Waals surface area contributed by atoms with E-state index in [1.807, 2.05) is 42.6 Å². The first kappa shape index (κ1) is 13.5. The number of rotatable bonds is 4. The van der Waals surface area contributed by atoms with Gasteiger partial charge in [0.25, 0.3) is 0 Å². The van der Waals surface area contributed by atoms with E-state index in [2.05, 4.69) is 15.4 Å². The first-order chi connectivity index (χ1) is 10.1. The summed E-state index contributed by atoms with van der Waals surface area (Å²) in [5.41, 5.74) is 3.97. The van der Waals surface area contributed by atoms with E-state index in [4.69, 9.17) is 0 Å². The molecule has 0 bridgehead atoms. The normalized spacial score (nSPS) is 11.0. The molecule has 0 aliphatic heterocycles. The van der Waals surface area contributed by atoms with Crippen molar-refractivity contribution in [1.82, 2.24) is 14.6 Å². The number of hydrogen-bond acceptors (Lipinski definition) is 3. The summed E-state index contributed by atoms with van der Waals surface area (Å²) in [7, 11) is 0. The van der Waals surface area contributed by atoms with E-state index in [0.29, 0.717) is 12.5 Å². The number of anilines is 1. The van der Waals surface area contributed by atoms with Gasteiger partial charge in [-0.1, -0.05) is 12.1 Å². The number of nitrogens with zero attached hydrogens (tertiary/aromatic N) is 3. The van der Waals surface area contributed by atoms with Crippen LogP contribution in [0.2, 0.25) is 0 Å². The number of hydrogen-bond donors (Lipinski definition) is 1. The summed E-state index contributed by atoms with van der Waals surface area (Å²) in [6, 6.07) is 10.8. The fraction of sp³-hybridized carbons (Fsp3) is 0.250. The molecule has 0 amide bonds. The standard InChI is InChI=1S/C16H17FN4/c1-11-10-14(17)7-6-13(11)8-9-18-16-19-15-5-3-4-12(2)21(15)20-16/h3-7,10H,8-9H2,1-2H3,(H,18,20). The number of fused-ring (bicyclic) bond motifs is 1. The third-order valence-corrected chi connectivity index (χ3v) is 3.53. The molecule has 3 aromatic rings. The maximum atomic E-state index is 13.1. The molecule has 2 aromatic heterocycles. The first-order valence-corrected chi connectivity index (χ1v) is 6.95. The molecule has 0 unspecified atom stereocenters. The Morgan fingerprint density at radius 1 is 1.19 bits per heavy atom. The van der Waals surface area contributed by atoms with Gasteiger partial charge in [-0.25, -0.2) is 8.91 Å². The molecule has 21 heavy (non-hydrogen) atoms. The average Bonchev–Trinajstić information content (AvgIpc) is 2.86. The highest BCUT2D eigenvalue weighted by Crippen LogP contribution is 2.12. The SMILES string of the molecule is Cc1cc(F)ccc1CCNc1nc2cccc(C)n2n1. The Morgan fingerprint density at radius 3 is 2.81 bits per heavy atom. The van der Waals surface area contributed by atoms with Crippen molar-refractivity contribution in [3.8, 4) is 0 Å². The Morgan fingerprint density at radius 2 is 2.05 bits per heavy atom. The molecule has 1 N–H and O–H groups in total. The number of halogens is 1. The molecule has 0 radical (unpaired) electrons. The zero-order valence-corrected chi connectivity index (χ0v) is 12.1. The minimum atomic E-state index is -0.193. The van der Waals surface area contributed by atoms with Gasteiger partial charge in [-0.2, -0.15) is 4.98 Å². The topological polar surface area (TPSA) is 42.2 Å². The predicted octanol–water partition coefficient (Wildman–Crippen LogP) is 3.14. The molecule has 1 aromatic carbocycles. The Balaban J connectivity index is 1.68. The summed E-state index contributed by atoms with van der Waals surface area (Å²) in [5, 5.41) is 7.63. The van der Waals surface area contributed by atoms with Gasteiger partial charge in [0.1, 0.15) is 5.82 Å². The van der Waals surface area contributed by atoms with Crippen LogP contribution in [0, 0.1) is 19.7 Å². The van der Waals surface area contributed by atoms with Crippen LogP contribution < -0.4 is 5.32 Å². The van der Waals surface area contributed by atoms with Gasteiger partial charge in [-0.05, 0) is 55.7 Å². The summed E-state index contributed by atoms with van der Waals surface area (Å²) in [4.78, 5) is 4.42. The molecular formula is C16H17FN4. The van der Waals surface area contributed by atoms with Gasteiger partial charge in [0.15, 0.2) is 5.65 Å². The van der Waals surface area contributed by atoms with E-state index < -0.39 is 0 Å². The largest absolute Gasteiger partial charge is 0.353 e. The van der Waals surface area contributed by atoms with E-state index in [1.165, 1.54) is 6.07 Å². The van der Waals surface area contributed by atoms with Gasteiger partial charge in [-0.15, -0.1) is 5.10 Å². The van der Waals surface area contributed by atoms with Crippen LogP contribution in [-0.2, 0) is 6.42 Å². The third kappa shape index (κ3) is 2.86. The van der Waals surface area contributed by atoms with Gasteiger partial charge in [0.2, 0.25) is 5.95 Å². The van der Waals surface area contributed by atoms with Crippen LogP contribution in [0.4, 0.5) is 10.3 Å². The molecule has 0 saturated carbocycles. The van der Waals surface area contributed by atoms with E-state index in [-0.39, 0.29) is 5.82 Å². The summed E-state index contributed by atoms with van der Waals surface area (Å²) in [6.45, 7) is 4.63. The second-order valence-corrected chi connectivity index (χ2v) is 5.12. The van der Waals surface area contributed by atoms with Crippen molar-refractivity contribution in [2.24, 2.45) is 0 Å². The molecule has 0 aliphatic rings. The van der Waals surface area contributed by atoms with Gasteiger partial charge < -0.3 is 5.32 Å². The molecule has 4 nitrogen and oxygen atoms in total. The molecule has 0 saturated heterocycles. The second-order valence-electron chi connectivity index (χ2n) is 5.12. The number of pyridine rings is 1. The van der Waals surface area contributed by atoms with Crippen LogP contribution in [0.25, 0.3) is 5.65 Å². The van der Waals surface area contributed by atoms with Gasteiger partial charge in [0, 0.05) is 12.2 Å². The highest BCUT2D eigenvalue weighted by atomic mass is 19.1. The number of benzene rings is 1. The Kier molecular flexibility index (Phi) is 3.56. The predicted molar refractivity (Wildman–Crippen MR) is 81.1 cm³/mol. The molecule has 0 aliphatic carbocycles. The summed E-state index contributed by atoms with van der Waals surface area (Å²) in [6.07, 6.45) is 0.806. The molecular weight excluding hydrogens is 267 g/mol. The van der Waals surface area contributed by atoms with Crippen molar-refractivity contribution < 1.29 is 4.39 Å². The van der Waals surface area contributed by atoms with E-state index in [0.717, 1.165) is 28.9 Å². The molecule has 0 spiro atoms. The minimum absolute atomic E-state index is 0.193. The van der Waals surface area contributed by atoms with Crippen LogP contribution in [0.3, 0.4) is 0 Å². The lowest BCUT2D eigenvalue weighted by Crippen LogP contribution is -2.07. The van der Waals surface area contributed by atoms with Crippen molar-refractivity contribution >= 4 is 11.6 Å². The van der Waals surface area contributed by atoms with Gasteiger partial charge in [-0.3, -0.25) is 0 Å². The number of aryl methyl sites for hydroxylation is 2. The molecule has 108 valence electrons. The van der Waals surface area contributed by atoms with E-state index >= 15 is 0 Å². The molecule has 0 fully saturated rings. The zero-order valence-electron chi connectivity index (χ0n) is 12.1. The molecule has 5 heteroatoms. The van der Waals surface area contributed by atoms with Crippen LogP contribution in [-0.4, -0.2) is 21.1 Å². The summed E-state index contributed by atoms with van der Waals surface area (Å²) in [5.74, 6) is 0.422. The number of nitrogens with one attached hydrogen (secondary N) is 1. The monoisotopic (exact) mass is 284 g/mol. The molecule has 2 heterocycles. The molecule has 0 atom stereocenters. The second kappa shape index (κ2) is 5.52. The van der Waals surface area contributed by atoms with Crippen LogP contribution >= 0.6 is 0 Å². The average molecular weight is 284 g/mol. The summed E-state index contributed by atoms with van der Waals surface area (Å²) < 4.78 is 14.9. The lowest BCUT2D eigenvalue weighted by atomic mass is 10.1. The Bertz CT molecular complexity index is 779.